The maximum Gasteiger partial charge on any atom is 0.361 e. The zero-order valence-electron chi connectivity index (χ0n) is 6.30. The van der Waals surface area contributed by atoms with E-state index in [1.807, 2.05) is 5.10 Å². The van der Waals surface area contributed by atoms with Crippen LogP contribution in [0.4, 0.5) is 13.2 Å². The van der Waals surface area contributed by atoms with Crippen molar-refractivity contribution < 1.29 is 13.2 Å². The van der Waals surface area contributed by atoms with Crippen LogP contribution in [0.15, 0.2) is 16.7 Å². The molecule has 0 unspecified atom stereocenters. The lowest BCUT2D eigenvalue weighted by Gasteiger charge is -1.94. The smallest absolute Gasteiger partial charge is 0.245 e. The van der Waals surface area contributed by atoms with Crippen molar-refractivity contribution in [3.63, 3.8) is 0 Å². The number of aromatic amines is 1. The Hall–Kier alpha value is -1.60. The molecule has 0 aromatic carbocycles. The first-order valence-electron chi connectivity index (χ1n) is 3.29. The van der Waals surface area contributed by atoms with Gasteiger partial charge < -0.3 is 0 Å². The Labute approximate surface area is 69.8 Å². The van der Waals surface area contributed by atoms with Gasteiger partial charge in [0.15, 0.2) is 5.83 Å². The van der Waals surface area contributed by atoms with Crippen molar-refractivity contribution in [2.75, 3.05) is 0 Å². The summed E-state index contributed by atoms with van der Waals surface area (Å²) >= 11 is 0. The van der Waals surface area contributed by atoms with Gasteiger partial charge in [-0.05, 0) is 10.4 Å². The van der Waals surface area contributed by atoms with Gasteiger partial charge in [0.2, 0.25) is 0 Å². The molecule has 72 valence electrons. The van der Waals surface area contributed by atoms with E-state index in [0.717, 1.165) is 4.68 Å². The molecule has 0 bridgehead atoms. The fraction of sp³-hybridized carbons (Fsp3) is 0.400. The van der Waals surface area contributed by atoms with Gasteiger partial charge in [-0.15, -0.1) is 0 Å². The number of rotatable bonds is 3. The largest absolute Gasteiger partial charge is 0.361 e. The molecule has 0 aliphatic rings. The van der Waals surface area contributed by atoms with Crippen LogP contribution >= 0.6 is 0 Å². The lowest BCUT2D eigenvalue weighted by atomic mass is 10.4. The Bertz CT molecular complexity index is 364. The molecule has 0 spiro atoms. The summed E-state index contributed by atoms with van der Waals surface area (Å²) < 4.78 is 36.0. The molecule has 8 heteroatoms. The average Bonchev–Trinajstić information content (AvgIpc) is 2.47. The van der Waals surface area contributed by atoms with Crippen LogP contribution in [0.5, 0.6) is 0 Å². The van der Waals surface area contributed by atoms with Crippen LogP contribution in [-0.2, 0) is 6.54 Å². The lowest BCUT2D eigenvalue weighted by molar-refractivity contribution is 0.363. The van der Waals surface area contributed by atoms with Crippen molar-refractivity contribution in [2.45, 2.75) is 13.0 Å². The Balaban J connectivity index is 2.59. The normalized spacial score (nSPS) is 10.1. The molecule has 5 nitrogen and oxygen atoms in total. The van der Waals surface area contributed by atoms with Gasteiger partial charge in [-0.2, -0.15) is 13.5 Å². The monoisotopic (exact) mass is 194 g/mol. The van der Waals surface area contributed by atoms with Crippen molar-refractivity contribution in [2.24, 2.45) is 0 Å². The average molecular weight is 194 g/mol. The zero-order valence-corrected chi connectivity index (χ0v) is 6.30. The number of H-pyrrole nitrogens is 1. The fourth-order valence-electron chi connectivity index (χ4n) is 0.662. The van der Waals surface area contributed by atoms with Crippen LogP contribution in [-0.4, -0.2) is 20.2 Å². The van der Waals surface area contributed by atoms with Gasteiger partial charge in [0.25, 0.3) is 0 Å². The van der Waals surface area contributed by atoms with E-state index in [-0.39, 0.29) is 6.54 Å². The molecule has 0 aliphatic heterocycles. The second kappa shape index (κ2) is 3.87. The Morgan fingerprint density at radius 3 is 2.62 bits per heavy atom. The first-order chi connectivity index (χ1) is 6.11. The highest BCUT2D eigenvalue weighted by atomic mass is 19.3. The maximum atomic E-state index is 12.2. The molecule has 0 saturated heterocycles. The molecular weight excluding hydrogens is 189 g/mol. The van der Waals surface area contributed by atoms with Gasteiger partial charge in [-0.3, -0.25) is 0 Å². The molecule has 0 aliphatic carbocycles. The van der Waals surface area contributed by atoms with E-state index in [1.165, 1.54) is 0 Å². The van der Waals surface area contributed by atoms with Gasteiger partial charge in [-0.25, -0.2) is 14.3 Å². The zero-order chi connectivity index (χ0) is 9.84. The van der Waals surface area contributed by atoms with Gasteiger partial charge >= 0.3 is 11.8 Å². The summed E-state index contributed by atoms with van der Waals surface area (Å²) in [4.78, 5) is 10.7. The van der Waals surface area contributed by atoms with E-state index in [9.17, 15) is 18.0 Å². The highest BCUT2D eigenvalue weighted by molar-refractivity contribution is 4.90. The highest BCUT2D eigenvalue weighted by Gasteiger charge is 2.06. The van der Waals surface area contributed by atoms with Gasteiger partial charge in [0.1, 0.15) is 0 Å². The summed E-state index contributed by atoms with van der Waals surface area (Å²) in [5.74, 6) is -1.55. The van der Waals surface area contributed by atoms with Gasteiger partial charge in [0, 0.05) is 6.42 Å². The van der Waals surface area contributed by atoms with Gasteiger partial charge in [0.05, 0.1) is 6.54 Å². The molecule has 0 fully saturated rings. The second-order valence-electron chi connectivity index (χ2n) is 2.14. The van der Waals surface area contributed by atoms with Crippen molar-refractivity contribution in [1.29, 1.82) is 0 Å². The minimum absolute atomic E-state index is 0.265. The first kappa shape index (κ1) is 9.49. The fourth-order valence-corrected chi connectivity index (χ4v) is 0.662. The molecule has 13 heavy (non-hydrogen) atoms. The van der Waals surface area contributed by atoms with Crippen LogP contribution < -0.4 is 5.69 Å². The predicted octanol–water partition coefficient (Wildman–Crippen LogP) is 0.434. The van der Waals surface area contributed by atoms with Crippen molar-refractivity contribution >= 4 is 0 Å². The minimum Gasteiger partial charge on any atom is -0.245 e. The third kappa shape index (κ3) is 2.42. The van der Waals surface area contributed by atoms with E-state index in [4.69, 9.17) is 0 Å². The van der Waals surface area contributed by atoms with Gasteiger partial charge in [-0.1, -0.05) is 0 Å². The summed E-state index contributed by atoms with van der Waals surface area (Å²) in [6, 6.07) is 0. The van der Waals surface area contributed by atoms with E-state index in [1.54, 1.807) is 0 Å². The predicted molar refractivity (Wildman–Crippen MR) is 35.6 cm³/mol. The second-order valence-corrected chi connectivity index (χ2v) is 2.14. The molecular formula is C5H5F3N4O. The number of hydrogen-bond donors (Lipinski definition) is 1. The summed E-state index contributed by atoms with van der Waals surface area (Å²) in [6.07, 6.45) is -2.95. The summed E-state index contributed by atoms with van der Waals surface area (Å²) in [5, 5.41) is 8.25. The summed E-state index contributed by atoms with van der Waals surface area (Å²) in [7, 11) is 0. The summed E-state index contributed by atoms with van der Waals surface area (Å²) in [5.41, 5.74) is -0.660. The molecule has 0 saturated carbocycles. The third-order valence-corrected chi connectivity index (χ3v) is 1.28. The van der Waals surface area contributed by atoms with Crippen molar-refractivity contribution in [3.05, 3.63) is 22.4 Å². The number of nitrogens with zero attached hydrogens (tertiary/aromatic N) is 3. The number of aromatic nitrogens is 4. The molecule has 1 rings (SSSR count). The molecule has 0 amide bonds. The van der Waals surface area contributed by atoms with E-state index in [2.05, 4.69) is 10.4 Å². The van der Waals surface area contributed by atoms with Crippen LogP contribution in [0.1, 0.15) is 6.42 Å². The molecule has 1 aromatic rings. The standard InChI is InChI=1S/C5H5F3N4O/c6-3(4(7)8)1-2-12-5(13)9-10-11-12/h1-2H2,(H,9,11,13). The number of halogens is 3. The van der Waals surface area contributed by atoms with Crippen LogP contribution in [0, 0.1) is 0 Å². The maximum absolute atomic E-state index is 12.2. The van der Waals surface area contributed by atoms with E-state index >= 15 is 0 Å². The molecule has 0 radical (unpaired) electrons. The minimum atomic E-state index is -2.38. The topological polar surface area (TPSA) is 63.6 Å². The number of nitrogens with one attached hydrogen (secondary N) is 1. The number of allylic oxidation sites excluding steroid dienone is 1. The molecule has 1 heterocycles. The SMILES string of the molecule is O=c1[nH]nnn1CCC(F)=C(F)F. The molecule has 0 atom stereocenters. The number of hydrogen-bond acceptors (Lipinski definition) is 3. The van der Waals surface area contributed by atoms with E-state index < -0.39 is 24.0 Å². The summed E-state index contributed by atoms with van der Waals surface area (Å²) in [6.45, 7) is -0.265. The molecule has 1 aromatic heterocycles. The lowest BCUT2D eigenvalue weighted by Crippen LogP contribution is -2.18. The highest BCUT2D eigenvalue weighted by Crippen LogP contribution is 2.12. The number of aryl methyl sites for hydroxylation is 1. The molecule has 1 N–H and O–H groups in total. The Morgan fingerprint density at radius 2 is 2.15 bits per heavy atom. The van der Waals surface area contributed by atoms with Crippen LogP contribution in [0.3, 0.4) is 0 Å². The quantitative estimate of drug-likeness (QED) is 0.758. The van der Waals surface area contributed by atoms with Crippen molar-refractivity contribution in [1.82, 2.24) is 20.2 Å². The first-order valence-corrected chi connectivity index (χ1v) is 3.29. The van der Waals surface area contributed by atoms with Crippen molar-refractivity contribution in [3.8, 4) is 0 Å². The number of tetrazole rings is 1. The Morgan fingerprint density at radius 1 is 1.46 bits per heavy atom. The third-order valence-electron chi connectivity index (χ3n) is 1.28. The van der Waals surface area contributed by atoms with Crippen LogP contribution in [0.2, 0.25) is 0 Å². The Kier molecular flexibility index (Phi) is 2.83. The van der Waals surface area contributed by atoms with Crippen LogP contribution in [0.25, 0.3) is 0 Å². The van der Waals surface area contributed by atoms with E-state index in [0.29, 0.717) is 0 Å².